The molecule has 17 heavy (non-hydrogen) atoms. The van der Waals surface area contributed by atoms with Gasteiger partial charge in [0.25, 0.3) is 0 Å². The molecule has 1 aliphatic heterocycles. The Morgan fingerprint density at radius 3 is 2.71 bits per heavy atom. The molecule has 0 radical (unpaired) electrons. The third-order valence-corrected chi connectivity index (χ3v) is 4.09. The minimum Gasteiger partial charge on any atom is -0.344 e. The molecule has 0 amide bonds. The molecule has 0 bridgehead atoms. The first kappa shape index (κ1) is 12.7. The number of nitrogens with two attached hydrogens (primary N) is 1. The third-order valence-electron chi connectivity index (χ3n) is 3.34. The Balaban J connectivity index is 1.85. The number of piperazine rings is 1. The van der Waals surface area contributed by atoms with E-state index in [9.17, 15) is 0 Å². The summed E-state index contributed by atoms with van der Waals surface area (Å²) >= 11 is 1.62. The molecule has 0 aromatic carbocycles. The molecule has 2 rings (SSSR count). The maximum atomic E-state index is 5.84. The predicted molar refractivity (Wildman–Crippen MR) is 71.4 cm³/mol. The van der Waals surface area contributed by atoms with Crippen molar-refractivity contribution in [3.8, 4) is 0 Å². The monoisotopic (exact) mass is 255 g/mol. The standard InChI is InChI=1S/C11H21N5S/c1-2-3-10(8-12)15-4-6-16(7-5-15)11-14-13-9-17-11/h9-10H,2-8,12H2,1H3. The van der Waals surface area contributed by atoms with E-state index in [0.717, 1.165) is 37.9 Å². The van der Waals surface area contributed by atoms with Crippen LogP contribution in [0.2, 0.25) is 0 Å². The Morgan fingerprint density at radius 2 is 2.18 bits per heavy atom. The van der Waals surface area contributed by atoms with Crippen LogP contribution in [0.5, 0.6) is 0 Å². The Hall–Kier alpha value is -0.720. The molecule has 96 valence electrons. The van der Waals surface area contributed by atoms with Gasteiger partial charge >= 0.3 is 0 Å². The predicted octanol–water partition coefficient (Wildman–Crippen LogP) is 0.787. The lowest BCUT2D eigenvalue weighted by molar-refractivity contribution is 0.179. The van der Waals surface area contributed by atoms with Gasteiger partial charge in [0, 0.05) is 38.8 Å². The van der Waals surface area contributed by atoms with Crippen molar-refractivity contribution in [2.45, 2.75) is 25.8 Å². The maximum Gasteiger partial charge on any atom is 0.208 e. The molecule has 0 aliphatic carbocycles. The summed E-state index contributed by atoms with van der Waals surface area (Å²) in [5.41, 5.74) is 7.64. The zero-order valence-corrected chi connectivity index (χ0v) is 11.2. The van der Waals surface area contributed by atoms with Crippen molar-refractivity contribution in [1.82, 2.24) is 15.1 Å². The summed E-state index contributed by atoms with van der Waals surface area (Å²) in [4.78, 5) is 4.83. The first-order chi connectivity index (χ1) is 8.35. The summed E-state index contributed by atoms with van der Waals surface area (Å²) in [6.45, 7) is 7.24. The van der Waals surface area contributed by atoms with E-state index >= 15 is 0 Å². The van der Waals surface area contributed by atoms with Crippen molar-refractivity contribution in [2.24, 2.45) is 5.73 Å². The van der Waals surface area contributed by atoms with Gasteiger partial charge in [0.1, 0.15) is 5.51 Å². The zero-order chi connectivity index (χ0) is 12.1. The highest BCUT2D eigenvalue weighted by Crippen LogP contribution is 2.18. The van der Waals surface area contributed by atoms with Crippen LogP contribution in [0, 0.1) is 0 Å². The SMILES string of the molecule is CCCC(CN)N1CCN(c2nncs2)CC1. The molecule has 1 unspecified atom stereocenters. The van der Waals surface area contributed by atoms with E-state index < -0.39 is 0 Å². The summed E-state index contributed by atoms with van der Waals surface area (Å²) in [5.74, 6) is 0. The second-order valence-electron chi connectivity index (χ2n) is 4.42. The summed E-state index contributed by atoms with van der Waals surface area (Å²) in [7, 11) is 0. The van der Waals surface area contributed by atoms with Crippen LogP contribution in [0.15, 0.2) is 5.51 Å². The van der Waals surface area contributed by atoms with Gasteiger partial charge in [-0.3, -0.25) is 4.90 Å². The van der Waals surface area contributed by atoms with E-state index in [1.165, 1.54) is 12.8 Å². The van der Waals surface area contributed by atoms with Crippen LogP contribution < -0.4 is 10.6 Å². The van der Waals surface area contributed by atoms with Gasteiger partial charge in [0.2, 0.25) is 5.13 Å². The Bertz CT molecular complexity index is 308. The minimum atomic E-state index is 0.552. The van der Waals surface area contributed by atoms with Crippen LogP contribution in [0.1, 0.15) is 19.8 Å². The maximum absolute atomic E-state index is 5.84. The molecule has 1 saturated heterocycles. The van der Waals surface area contributed by atoms with E-state index in [0.29, 0.717) is 6.04 Å². The topological polar surface area (TPSA) is 58.3 Å². The van der Waals surface area contributed by atoms with Crippen LogP contribution in [0.3, 0.4) is 0 Å². The fourth-order valence-electron chi connectivity index (χ4n) is 2.37. The number of nitrogens with zero attached hydrogens (tertiary/aromatic N) is 4. The Labute approximate surface area is 107 Å². The van der Waals surface area contributed by atoms with Gasteiger partial charge in [-0.25, -0.2) is 0 Å². The lowest BCUT2D eigenvalue weighted by Crippen LogP contribution is -2.52. The fraction of sp³-hybridized carbons (Fsp3) is 0.818. The second kappa shape index (κ2) is 6.28. The van der Waals surface area contributed by atoms with E-state index in [1.807, 2.05) is 0 Å². The first-order valence-corrected chi connectivity index (χ1v) is 7.18. The van der Waals surface area contributed by atoms with Crippen molar-refractivity contribution in [3.63, 3.8) is 0 Å². The summed E-state index contributed by atoms with van der Waals surface area (Å²) in [6.07, 6.45) is 2.41. The van der Waals surface area contributed by atoms with Crippen LogP contribution in [0.4, 0.5) is 5.13 Å². The number of hydrogen-bond donors (Lipinski definition) is 1. The number of aromatic nitrogens is 2. The average molecular weight is 255 g/mol. The summed E-state index contributed by atoms with van der Waals surface area (Å²) in [5, 5.41) is 9.05. The van der Waals surface area contributed by atoms with E-state index in [4.69, 9.17) is 5.73 Å². The first-order valence-electron chi connectivity index (χ1n) is 6.30. The molecule has 1 fully saturated rings. The normalized spacial score (nSPS) is 19.5. The molecular formula is C11H21N5S. The van der Waals surface area contributed by atoms with Crippen LogP contribution in [-0.4, -0.2) is 53.9 Å². The van der Waals surface area contributed by atoms with Crippen LogP contribution in [-0.2, 0) is 0 Å². The molecule has 0 spiro atoms. The molecule has 1 aliphatic rings. The van der Waals surface area contributed by atoms with E-state index in [2.05, 4.69) is 26.9 Å². The van der Waals surface area contributed by atoms with Crippen molar-refractivity contribution in [2.75, 3.05) is 37.6 Å². The molecule has 1 aromatic rings. The lowest BCUT2D eigenvalue weighted by atomic mass is 10.1. The van der Waals surface area contributed by atoms with Gasteiger partial charge in [-0.1, -0.05) is 24.7 Å². The lowest BCUT2D eigenvalue weighted by Gasteiger charge is -2.38. The smallest absolute Gasteiger partial charge is 0.208 e. The molecule has 2 N–H and O–H groups in total. The third kappa shape index (κ3) is 3.14. The molecule has 2 heterocycles. The highest BCUT2D eigenvalue weighted by Gasteiger charge is 2.23. The Kier molecular flexibility index (Phi) is 4.70. The Morgan fingerprint density at radius 1 is 1.41 bits per heavy atom. The van der Waals surface area contributed by atoms with Crippen molar-refractivity contribution >= 4 is 16.5 Å². The second-order valence-corrected chi connectivity index (χ2v) is 5.23. The molecular weight excluding hydrogens is 234 g/mol. The zero-order valence-electron chi connectivity index (χ0n) is 10.4. The molecule has 1 aromatic heterocycles. The highest BCUT2D eigenvalue weighted by molar-refractivity contribution is 7.13. The van der Waals surface area contributed by atoms with E-state index in [1.54, 1.807) is 16.8 Å². The van der Waals surface area contributed by atoms with Gasteiger partial charge < -0.3 is 10.6 Å². The van der Waals surface area contributed by atoms with Gasteiger partial charge in [-0.15, -0.1) is 10.2 Å². The van der Waals surface area contributed by atoms with Crippen molar-refractivity contribution < 1.29 is 0 Å². The van der Waals surface area contributed by atoms with Crippen molar-refractivity contribution in [1.29, 1.82) is 0 Å². The summed E-state index contributed by atoms with van der Waals surface area (Å²) in [6, 6.07) is 0.552. The van der Waals surface area contributed by atoms with Gasteiger partial charge in [0.05, 0.1) is 0 Å². The van der Waals surface area contributed by atoms with Gasteiger partial charge in [-0.2, -0.15) is 0 Å². The minimum absolute atomic E-state index is 0.552. The number of rotatable bonds is 5. The molecule has 6 heteroatoms. The fourth-order valence-corrected chi connectivity index (χ4v) is 2.98. The summed E-state index contributed by atoms with van der Waals surface area (Å²) < 4.78 is 0. The van der Waals surface area contributed by atoms with Crippen LogP contribution >= 0.6 is 11.3 Å². The van der Waals surface area contributed by atoms with Gasteiger partial charge in [0.15, 0.2) is 0 Å². The van der Waals surface area contributed by atoms with E-state index in [-0.39, 0.29) is 0 Å². The largest absolute Gasteiger partial charge is 0.344 e. The highest BCUT2D eigenvalue weighted by atomic mass is 32.1. The molecule has 5 nitrogen and oxygen atoms in total. The van der Waals surface area contributed by atoms with Gasteiger partial charge in [-0.05, 0) is 6.42 Å². The van der Waals surface area contributed by atoms with Crippen LogP contribution in [0.25, 0.3) is 0 Å². The molecule has 0 saturated carbocycles. The molecule has 1 atom stereocenters. The number of anilines is 1. The van der Waals surface area contributed by atoms with Crippen molar-refractivity contribution in [3.05, 3.63) is 5.51 Å². The number of hydrogen-bond acceptors (Lipinski definition) is 6. The average Bonchev–Trinajstić information content (AvgIpc) is 2.90. The quantitative estimate of drug-likeness (QED) is 0.843.